The molecule has 7 nitrogen and oxygen atoms in total. The highest BCUT2D eigenvalue weighted by Crippen LogP contribution is 2.36. The summed E-state index contributed by atoms with van der Waals surface area (Å²) < 4.78 is 38.1. The van der Waals surface area contributed by atoms with Crippen LogP contribution in [0.3, 0.4) is 0 Å². The Labute approximate surface area is 146 Å². The molecule has 1 N–H and O–H groups in total. The van der Waals surface area contributed by atoms with Gasteiger partial charge in [-0.2, -0.15) is 0 Å². The number of amides is 1. The maximum Gasteiger partial charge on any atom is 0.264 e. The van der Waals surface area contributed by atoms with Crippen LogP contribution in [0.25, 0.3) is 0 Å². The number of ether oxygens (including phenoxy) is 2. The standard InChI is InChI=1S/C17H18N2O5S/c1-18-17(20)16-11-19(14-5-3-4-6-15(14)24-16)25(21,22)13-9-7-12(23-2)8-10-13/h3-10,16H,11H2,1-2H3,(H,18,20)/t16-/m0/s1. The average molecular weight is 362 g/mol. The monoisotopic (exact) mass is 362 g/mol. The molecule has 0 aliphatic carbocycles. The maximum atomic E-state index is 13.1. The van der Waals surface area contributed by atoms with Crippen molar-refractivity contribution >= 4 is 21.6 Å². The molecular weight excluding hydrogens is 344 g/mol. The second-order valence-electron chi connectivity index (χ2n) is 5.40. The molecule has 1 amide bonds. The number of likely N-dealkylation sites (N-methyl/N-ethyl adjacent to an activating group) is 1. The minimum atomic E-state index is -3.86. The first-order valence-corrected chi connectivity index (χ1v) is 9.05. The fraction of sp³-hybridized carbons (Fsp3) is 0.235. The van der Waals surface area contributed by atoms with Crippen LogP contribution in [0.1, 0.15) is 0 Å². The molecule has 0 fully saturated rings. The van der Waals surface area contributed by atoms with E-state index >= 15 is 0 Å². The molecule has 132 valence electrons. The van der Waals surface area contributed by atoms with Crippen LogP contribution in [-0.4, -0.2) is 41.1 Å². The van der Waals surface area contributed by atoms with E-state index < -0.39 is 16.1 Å². The van der Waals surface area contributed by atoms with Crippen LogP contribution in [0.4, 0.5) is 5.69 Å². The average Bonchev–Trinajstić information content (AvgIpc) is 2.66. The Balaban J connectivity index is 2.05. The fourth-order valence-corrected chi connectivity index (χ4v) is 4.08. The molecular formula is C17H18N2O5S. The molecule has 1 aliphatic rings. The Kier molecular flexibility index (Phi) is 4.54. The smallest absolute Gasteiger partial charge is 0.264 e. The number of fused-ring (bicyclic) bond motifs is 1. The van der Waals surface area contributed by atoms with Gasteiger partial charge in [0.25, 0.3) is 15.9 Å². The molecule has 25 heavy (non-hydrogen) atoms. The number of rotatable bonds is 4. The summed E-state index contributed by atoms with van der Waals surface area (Å²) >= 11 is 0. The van der Waals surface area contributed by atoms with Gasteiger partial charge < -0.3 is 14.8 Å². The number of sulfonamides is 1. The van der Waals surface area contributed by atoms with Gasteiger partial charge in [0.1, 0.15) is 11.5 Å². The topological polar surface area (TPSA) is 84.9 Å². The summed E-state index contributed by atoms with van der Waals surface area (Å²) in [5.74, 6) is 0.522. The first-order chi connectivity index (χ1) is 12.0. The lowest BCUT2D eigenvalue weighted by Gasteiger charge is -2.34. The van der Waals surface area contributed by atoms with Crippen molar-refractivity contribution in [3.63, 3.8) is 0 Å². The van der Waals surface area contributed by atoms with Crippen molar-refractivity contribution in [1.82, 2.24) is 5.32 Å². The summed E-state index contributed by atoms with van der Waals surface area (Å²) in [6.45, 7) is -0.106. The van der Waals surface area contributed by atoms with Crippen LogP contribution in [0.15, 0.2) is 53.4 Å². The zero-order valence-corrected chi connectivity index (χ0v) is 14.6. The lowest BCUT2D eigenvalue weighted by Crippen LogP contribution is -2.50. The predicted molar refractivity (Wildman–Crippen MR) is 92.5 cm³/mol. The minimum absolute atomic E-state index is 0.106. The third-order valence-corrected chi connectivity index (χ3v) is 5.72. The molecule has 0 spiro atoms. The van der Waals surface area contributed by atoms with E-state index in [1.54, 1.807) is 36.4 Å². The third-order valence-electron chi connectivity index (χ3n) is 3.92. The number of nitrogens with zero attached hydrogens (tertiary/aromatic N) is 1. The van der Waals surface area contributed by atoms with Crippen LogP contribution in [-0.2, 0) is 14.8 Å². The van der Waals surface area contributed by atoms with Crippen molar-refractivity contribution in [1.29, 1.82) is 0 Å². The van der Waals surface area contributed by atoms with E-state index in [1.165, 1.54) is 30.6 Å². The summed E-state index contributed by atoms with van der Waals surface area (Å²) in [5, 5.41) is 2.49. The molecule has 8 heteroatoms. The first-order valence-electron chi connectivity index (χ1n) is 7.61. The largest absolute Gasteiger partial charge is 0.497 e. The number of methoxy groups -OCH3 is 1. The van der Waals surface area contributed by atoms with Gasteiger partial charge in [-0.1, -0.05) is 12.1 Å². The summed E-state index contributed by atoms with van der Waals surface area (Å²) in [4.78, 5) is 12.1. The normalized spacial score (nSPS) is 16.6. The number of hydrogen-bond acceptors (Lipinski definition) is 5. The van der Waals surface area contributed by atoms with E-state index in [-0.39, 0.29) is 17.3 Å². The number of carbonyl (C=O) groups is 1. The van der Waals surface area contributed by atoms with Gasteiger partial charge in [-0.25, -0.2) is 8.42 Å². The molecule has 0 saturated heterocycles. The molecule has 0 radical (unpaired) electrons. The Morgan fingerprint density at radius 3 is 2.52 bits per heavy atom. The van der Waals surface area contributed by atoms with Gasteiger partial charge >= 0.3 is 0 Å². The van der Waals surface area contributed by atoms with Crippen LogP contribution in [0.2, 0.25) is 0 Å². The van der Waals surface area contributed by atoms with Gasteiger partial charge in [0.2, 0.25) is 0 Å². The SMILES string of the molecule is CNC(=O)[C@@H]1CN(S(=O)(=O)c2ccc(OC)cc2)c2ccccc2O1. The maximum absolute atomic E-state index is 13.1. The van der Waals surface area contributed by atoms with Crippen molar-refractivity contribution in [2.45, 2.75) is 11.0 Å². The molecule has 0 saturated carbocycles. The Morgan fingerprint density at radius 2 is 1.88 bits per heavy atom. The zero-order chi connectivity index (χ0) is 18.0. The van der Waals surface area contributed by atoms with Crippen LogP contribution < -0.4 is 19.1 Å². The van der Waals surface area contributed by atoms with E-state index in [9.17, 15) is 13.2 Å². The molecule has 1 atom stereocenters. The summed E-state index contributed by atoms with van der Waals surface area (Å²) in [5.41, 5.74) is 0.401. The van der Waals surface area contributed by atoms with E-state index in [4.69, 9.17) is 9.47 Å². The van der Waals surface area contributed by atoms with Crippen molar-refractivity contribution in [3.8, 4) is 11.5 Å². The van der Waals surface area contributed by atoms with Gasteiger partial charge in [0.05, 0.1) is 24.2 Å². The van der Waals surface area contributed by atoms with Crippen LogP contribution in [0.5, 0.6) is 11.5 Å². The number of para-hydroxylation sites is 2. The fourth-order valence-electron chi connectivity index (χ4n) is 2.60. The van der Waals surface area contributed by atoms with Gasteiger partial charge in [-0.15, -0.1) is 0 Å². The molecule has 2 aromatic rings. The van der Waals surface area contributed by atoms with E-state index in [0.717, 1.165) is 0 Å². The quantitative estimate of drug-likeness (QED) is 0.889. The van der Waals surface area contributed by atoms with Gasteiger partial charge in [-0.05, 0) is 36.4 Å². The van der Waals surface area contributed by atoms with Gasteiger partial charge in [0.15, 0.2) is 6.10 Å². The number of nitrogens with one attached hydrogen (secondary N) is 1. The molecule has 3 rings (SSSR count). The van der Waals surface area contributed by atoms with Gasteiger partial charge in [-0.3, -0.25) is 9.10 Å². The zero-order valence-electron chi connectivity index (χ0n) is 13.8. The molecule has 2 aromatic carbocycles. The van der Waals surface area contributed by atoms with Crippen molar-refractivity contribution < 1.29 is 22.7 Å². The summed E-state index contributed by atoms with van der Waals surface area (Å²) in [7, 11) is -0.867. The highest BCUT2D eigenvalue weighted by molar-refractivity contribution is 7.92. The van der Waals surface area contributed by atoms with E-state index in [1.807, 2.05) is 0 Å². The van der Waals surface area contributed by atoms with Crippen molar-refractivity contribution in [2.24, 2.45) is 0 Å². The van der Waals surface area contributed by atoms with Crippen molar-refractivity contribution in [3.05, 3.63) is 48.5 Å². The molecule has 1 heterocycles. The lowest BCUT2D eigenvalue weighted by atomic mass is 10.2. The number of anilines is 1. The number of hydrogen-bond donors (Lipinski definition) is 1. The van der Waals surface area contributed by atoms with E-state index in [0.29, 0.717) is 17.2 Å². The molecule has 1 aliphatic heterocycles. The molecule has 0 bridgehead atoms. The van der Waals surface area contributed by atoms with Crippen LogP contribution in [0, 0.1) is 0 Å². The highest BCUT2D eigenvalue weighted by Gasteiger charge is 2.37. The highest BCUT2D eigenvalue weighted by atomic mass is 32.2. The number of benzene rings is 2. The number of carbonyl (C=O) groups excluding carboxylic acids is 1. The first kappa shape index (κ1) is 17.1. The van der Waals surface area contributed by atoms with Crippen LogP contribution >= 0.6 is 0 Å². The molecule has 0 aromatic heterocycles. The van der Waals surface area contributed by atoms with E-state index in [2.05, 4.69) is 5.32 Å². The predicted octanol–water partition coefficient (Wildman–Crippen LogP) is 1.40. The lowest BCUT2D eigenvalue weighted by molar-refractivity contribution is -0.127. The second kappa shape index (κ2) is 6.64. The minimum Gasteiger partial charge on any atom is -0.497 e. The summed E-state index contributed by atoms with van der Waals surface area (Å²) in [6.07, 6.45) is -0.923. The Bertz CT molecular complexity index is 880. The van der Waals surface area contributed by atoms with Crippen molar-refractivity contribution in [2.75, 3.05) is 25.0 Å². The third kappa shape index (κ3) is 3.12. The van der Waals surface area contributed by atoms with Gasteiger partial charge in [0, 0.05) is 7.05 Å². The Hall–Kier alpha value is -2.74. The Morgan fingerprint density at radius 1 is 1.20 bits per heavy atom. The molecule has 0 unspecified atom stereocenters. The second-order valence-corrected chi connectivity index (χ2v) is 7.26. The summed E-state index contributed by atoms with van der Waals surface area (Å²) in [6, 6.07) is 12.8.